The van der Waals surface area contributed by atoms with Crippen LogP contribution < -0.4 is 0 Å². The summed E-state index contributed by atoms with van der Waals surface area (Å²) in [6, 6.07) is 0. The second kappa shape index (κ2) is 10.8. The number of thioether (sulfide) groups is 1. The number of nitrogens with zero attached hydrogens (tertiary/aromatic N) is 2. The fourth-order valence-electron chi connectivity index (χ4n) is 2.35. The van der Waals surface area contributed by atoms with Crippen molar-refractivity contribution < 1.29 is 20.1 Å². The molecule has 0 saturated carbocycles. The zero-order valence-electron chi connectivity index (χ0n) is 13.9. The fraction of sp³-hybridized carbons (Fsp3) is 1.00. The second-order valence-electron chi connectivity index (χ2n) is 5.74. The Balaban J connectivity index is 5.39. The molecule has 0 aromatic rings. The Hall–Kier alpha value is -0.930. The third kappa shape index (κ3) is 6.23. The van der Waals surface area contributed by atoms with Crippen LogP contribution in [-0.2, 0) is 0 Å². The summed E-state index contributed by atoms with van der Waals surface area (Å²) in [7, 11) is 0. The van der Waals surface area contributed by atoms with Crippen LogP contribution in [-0.4, -0.2) is 43.0 Å². The lowest BCUT2D eigenvalue weighted by atomic mass is 10.1. The van der Waals surface area contributed by atoms with Crippen LogP contribution in [0.4, 0.5) is 0 Å². The molecule has 2 N–H and O–H groups in total. The Morgan fingerprint density at radius 2 is 1.17 bits per heavy atom. The molecule has 0 saturated heterocycles. The van der Waals surface area contributed by atoms with Crippen LogP contribution in [0.3, 0.4) is 0 Å². The number of aliphatic hydroxyl groups is 2. The normalized spacial score (nSPS) is 16.5. The molecule has 2 unspecified atom stereocenters. The molecule has 0 amide bonds. The van der Waals surface area contributed by atoms with E-state index in [1.54, 1.807) is 0 Å². The first-order valence-electron chi connectivity index (χ1n) is 8.05. The smallest absolute Gasteiger partial charge is 0.296 e. The van der Waals surface area contributed by atoms with Crippen LogP contribution in [0.15, 0.2) is 0 Å². The molecule has 8 nitrogen and oxygen atoms in total. The predicted molar refractivity (Wildman–Crippen MR) is 89.5 cm³/mol. The van der Waals surface area contributed by atoms with Crippen molar-refractivity contribution in [2.24, 2.45) is 0 Å². The van der Waals surface area contributed by atoms with Crippen LogP contribution >= 0.6 is 11.8 Å². The molecule has 0 radical (unpaired) electrons. The minimum atomic E-state index is -1.85. The highest BCUT2D eigenvalue weighted by molar-refractivity contribution is 8.01. The van der Waals surface area contributed by atoms with Gasteiger partial charge in [0, 0.05) is 34.5 Å². The molecular weight excluding hydrogens is 324 g/mol. The SMILES string of the molecule is CCCCCC(CO)(SC(CO)(CCCCC)[N+](=O)[O-])[N+](=O)[O-]. The van der Waals surface area contributed by atoms with Gasteiger partial charge >= 0.3 is 0 Å². The van der Waals surface area contributed by atoms with Crippen molar-refractivity contribution in [1.29, 1.82) is 0 Å². The second-order valence-corrected chi connectivity index (χ2v) is 7.46. The fourth-order valence-corrected chi connectivity index (χ4v) is 3.83. The Labute approximate surface area is 141 Å². The van der Waals surface area contributed by atoms with E-state index in [0.29, 0.717) is 24.6 Å². The lowest BCUT2D eigenvalue weighted by Crippen LogP contribution is -2.49. The van der Waals surface area contributed by atoms with E-state index in [4.69, 9.17) is 0 Å². The maximum atomic E-state index is 11.5. The first-order chi connectivity index (χ1) is 10.8. The van der Waals surface area contributed by atoms with E-state index in [-0.39, 0.29) is 12.8 Å². The maximum absolute atomic E-state index is 11.5. The number of hydrogen-bond acceptors (Lipinski definition) is 7. The third-order valence-corrected chi connectivity index (χ3v) is 5.61. The van der Waals surface area contributed by atoms with Crippen LogP contribution in [0.1, 0.15) is 65.2 Å². The summed E-state index contributed by atoms with van der Waals surface area (Å²) in [6.07, 6.45) is 4.27. The topological polar surface area (TPSA) is 127 Å². The van der Waals surface area contributed by atoms with Gasteiger partial charge in [0.1, 0.15) is 13.2 Å². The van der Waals surface area contributed by atoms with E-state index >= 15 is 0 Å². The standard InChI is InChI=1S/C14H28N2O6S/c1-3-5-7-9-13(11-17,15(19)20)23-14(12-18,16(21)22)10-8-6-4-2/h17-18H,3-12H2,1-2H3. The molecule has 23 heavy (non-hydrogen) atoms. The summed E-state index contributed by atoms with van der Waals surface area (Å²) in [5.41, 5.74) is 0. The van der Waals surface area contributed by atoms with Crippen molar-refractivity contribution >= 4 is 11.8 Å². The monoisotopic (exact) mass is 352 g/mol. The molecular formula is C14H28N2O6S. The number of hydrogen-bond donors (Lipinski definition) is 2. The molecule has 0 aliphatic heterocycles. The third-order valence-electron chi connectivity index (χ3n) is 3.88. The van der Waals surface area contributed by atoms with Gasteiger partial charge in [0.2, 0.25) is 0 Å². The van der Waals surface area contributed by atoms with Gasteiger partial charge in [-0.1, -0.05) is 39.5 Å². The van der Waals surface area contributed by atoms with Gasteiger partial charge in [-0.05, 0) is 12.8 Å². The van der Waals surface area contributed by atoms with Gasteiger partial charge in [-0.25, -0.2) is 0 Å². The van der Waals surface area contributed by atoms with Gasteiger partial charge in [0.05, 0.1) is 0 Å². The van der Waals surface area contributed by atoms with Crippen molar-refractivity contribution in [2.75, 3.05) is 13.2 Å². The van der Waals surface area contributed by atoms with Gasteiger partial charge in [-0.2, -0.15) is 0 Å². The summed E-state index contributed by atoms with van der Waals surface area (Å²) < 4.78 is 0. The quantitative estimate of drug-likeness (QED) is 0.213. The molecule has 9 heteroatoms. The van der Waals surface area contributed by atoms with Crippen molar-refractivity contribution in [3.63, 3.8) is 0 Å². The van der Waals surface area contributed by atoms with Crippen LogP contribution in [0.25, 0.3) is 0 Å². The molecule has 0 fully saturated rings. The highest BCUT2D eigenvalue weighted by Crippen LogP contribution is 2.43. The zero-order chi connectivity index (χ0) is 17.9. The number of rotatable bonds is 14. The van der Waals surface area contributed by atoms with Gasteiger partial charge < -0.3 is 10.2 Å². The van der Waals surface area contributed by atoms with Gasteiger partial charge in [0.25, 0.3) is 9.74 Å². The van der Waals surface area contributed by atoms with Crippen LogP contribution in [0.5, 0.6) is 0 Å². The van der Waals surface area contributed by atoms with Gasteiger partial charge in [-0.15, -0.1) is 0 Å². The molecule has 0 aromatic carbocycles. The number of aliphatic hydroxyl groups excluding tert-OH is 2. The molecule has 0 rings (SSSR count). The lowest BCUT2D eigenvalue weighted by molar-refractivity contribution is -0.558. The van der Waals surface area contributed by atoms with Gasteiger partial charge in [0.15, 0.2) is 0 Å². The van der Waals surface area contributed by atoms with Crippen LogP contribution in [0.2, 0.25) is 0 Å². The molecule has 0 heterocycles. The first kappa shape index (κ1) is 22.1. The number of nitro groups is 2. The molecule has 0 bridgehead atoms. The molecule has 0 aromatic heterocycles. The van der Waals surface area contributed by atoms with Crippen LogP contribution in [0, 0.1) is 20.2 Å². The summed E-state index contributed by atoms with van der Waals surface area (Å²) in [4.78, 5) is 18.1. The molecule has 0 spiro atoms. The van der Waals surface area contributed by atoms with E-state index in [9.17, 15) is 30.4 Å². The van der Waals surface area contributed by atoms with Gasteiger partial charge in [-0.3, -0.25) is 20.2 Å². The largest absolute Gasteiger partial charge is 0.388 e. The Bertz CT molecular complexity index is 350. The average molecular weight is 352 g/mol. The minimum Gasteiger partial charge on any atom is -0.388 e. The first-order valence-corrected chi connectivity index (χ1v) is 8.86. The summed E-state index contributed by atoms with van der Waals surface area (Å²) in [5.74, 6) is 0. The minimum absolute atomic E-state index is 0.0401. The van der Waals surface area contributed by atoms with Crippen molar-refractivity contribution in [3.8, 4) is 0 Å². The maximum Gasteiger partial charge on any atom is 0.296 e. The Morgan fingerprint density at radius 3 is 1.39 bits per heavy atom. The lowest BCUT2D eigenvalue weighted by Gasteiger charge is -2.30. The number of unbranched alkanes of at least 4 members (excludes halogenated alkanes) is 4. The van der Waals surface area contributed by atoms with Crippen molar-refractivity contribution in [1.82, 2.24) is 0 Å². The molecule has 136 valence electrons. The highest BCUT2D eigenvalue weighted by Gasteiger charge is 2.56. The zero-order valence-corrected chi connectivity index (χ0v) is 14.7. The van der Waals surface area contributed by atoms with Crippen molar-refractivity contribution in [2.45, 2.75) is 75.0 Å². The molecule has 2 atom stereocenters. The highest BCUT2D eigenvalue weighted by atomic mass is 32.2. The summed E-state index contributed by atoms with van der Waals surface area (Å²) in [6.45, 7) is 2.30. The Morgan fingerprint density at radius 1 is 0.826 bits per heavy atom. The van der Waals surface area contributed by atoms with Crippen molar-refractivity contribution in [3.05, 3.63) is 20.2 Å². The van der Waals surface area contributed by atoms with E-state index in [1.807, 2.05) is 13.8 Å². The average Bonchev–Trinajstić information content (AvgIpc) is 2.52. The Kier molecular flexibility index (Phi) is 10.3. The molecule has 0 aliphatic rings. The van der Waals surface area contributed by atoms with E-state index in [0.717, 1.165) is 25.7 Å². The summed E-state index contributed by atoms with van der Waals surface area (Å²) in [5, 5.41) is 42.2. The van der Waals surface area contributed by atoms with E-state index < -0.39 is 32.8 Å². The predicted octanol–water partition coefficient (Wildman–Crippen LogP) is 2.81. The van der Waals surface area contributed by atoms with E-state index in [1.165, 1.54) is 0 Å². The molecule has 0 aliphatic carbocycles. The summed E-state index contributed by atoms with van der Waals surface area (Å²) >= 11 is 0.504. The van der Waals surface area contributed by atoms with E-state index in [2.05, 4.69) is 0 Å².